The zero-order chi connectivity index (χ0) is 20.5. The third kappa shape index (κ3) is 6.84. The minimum absolute atomic E-state index is 0.107. The highest BCUT2D eigenvalue weighted by Gasteiger charge is 2.01. The summed E-state index contributed by atoms with van der Waals surface area (Å²) in [6, 6.07) is 14.9. The summed E-state index contributed by atoms with van der Waals surface area (Å²) in [7, 11) is 0. The Bertz CT molecular complexity index is 932. The van der Waals surface area contributed by atoms with Crippen molar-refractivity contribution in [3.63, 3.8) is 0 Å². The summed E-state index contributed by atoms with van der Waals surface area (Å²) < 4.78 is 13.3. The lowest BCUT2D eigenvalue weighted by Gasteiger charge is -2.09. The van der Waals surface area contributed by atoms with E-state index in [0.717, 1.165) is 23.6 Å². The first-order valence-corrected chi connectivity index (χ1v) is 9.53. The monoisotopic (exact) mass is 391 g/mol. The van der Waals surface area contributed by atoms with Crippen molar-refractivity contribution in [1.82, 2.24) is 9.55 Å². The first kappa shape index (κ1) is 20.2. The van der Waals surface area contributed by atoms with Gasteiger partial charge in [-0.05, 0) is 61.9 Å². The SMILES string of the molecule is CC(C)Oc1cccc(/C=C/C(=O)Nc2ccc(OCCn3ccnc3)cc2)c1. The number of aromatic nitrogens is 2. The molecule has 0 saturated carbocycles. The number of nitrogens with zero attached hydrogens (tertiary/aromatic N) is 2. The van der Waals surface area contributed by atoms with Crippen LogP contribution in [0.4, 0.5) is 5.69 Å². The Balaban J connectivity index is 1.48. The van der Waals surface area contributed by atoms with Crippen molar-refractivity contribution >= 4 is 17.7 Å². The van der Waals surface area contributed by atoms with Gasteiger partial charge in [0.25, 0.3) is 0 Å². The average molecular weight is 391 g/mol. The van der Waals surface area contributed by atoms with Crippen molar-refractivity contribution in [3.05, 3.63) is 78.9 Å². The Morgan fingerprint density at radius 3 is 2.72 bits per heavy atom. The Morgan fingerprint density at radius 2 is 2.00 bits per heavy atom. The van der Waals surface area contributed by atoms with Gasteiger partial charge in [0, 0.05) is 24.2 Å². The highest BCUT2D eigenvalue weighted by Crippen LogP contribution is 2.17. The van der Waals surface area contributed by atoms with Gasteiger partial charge in [-0.1, -0.05) is 12.1 Å². The van der Waals surface area contributed by atoms with Crippen molar-refractivity contribution in [2.75, 3.05) is 11.9 Å². The predicted molar refractivity (Wildman–Crippen MR) is 114 cm³/mol. The number of benzene rings is 2. The molecular formula is C23H25N3O3. The largest absolute Gasteiger partial charge is 0.492 e. The molecule has 2 aromatic carbocycles. The van der Waals surface area contributed by atoms with E-state index in [9.17, 15) is 4.79 Å². The van der Waals surface area contributed by atoms with E-state index >= 15 is 0 Å². The van der Waals surface area contributed by atoms with Crippen molar-refractivity contribution < 1.29 is 14.3 Å². The van der Waals surface area contributed by atoms with Crippen LogP contribution in [0.3, 0.4) is 0 Å². The molecule has 3 rings (SSSR count). The molecule has 3 aromatic rings. The van der Waals surface area contributed by atoms with Crippen LogP contribution in [0.15, 0.2) is 73.3 Å². The number of ether oxygens (including phenoxy) is 2. The minimum atomic E-state index is -0.200. The van der Waals surface area contributed by atoms with Gasteiger partial charge in [-0.25, -0.2) is 4.98 Å². The minimum Gasteiger partial charge on any atom is -0.492 e. The van der Waals surface area contributed by atoms with Crippen molar-refractivity contribution in [1.29, 1.82) is 0 Å². The molecule has 6 heteroatoms. The quantitative estimate of drug-likeness (QED) is 0.549. The molecule has 0 saturated heterocycles. The lowest BCUT2D eigenvalue weighted by Crippen LogP contribution is -2.08. The fourth-order valence-corrected chi connectivity index (χ4v) is 2.64. The van der Waals surface area contributed by atoms with E-state index in [2.05, 4.69) is 10.3 Å². The highest BCUT2D eigenvalue weighted by atomic mass is 16.5. The fraction of sp³-hybridized carbons (Fsp3) is 0.217. The number of nitrogens with one attached hydrogen (secondary N) is 1. The van der Waals surface area contributed by atoms with Gasteiger partial charge in [-0.2, -0.15) is 0 Å². The van der Waals surface area contributed by atoms with Gasteiger partial charge in [0.05, 0.1) is 19.0 Å². The maximum Gasteiger partial charge on any atom is 0.248 e. The van der Waals surface area contributed by atoms with E-state index < -0.39 is 0 Å². The van der Waals surface area contributed by atoms with Gasteiger partial charge in [-0.3, -0.25) is 4.79 Å². The van der Waals surface area contributed by atoms with Gasteiger partial charge in [0.15, 0.2) is 0 Å². The van der Waals surface area contributed by atoms with Crippen LogP contribution in [0.25, 0.3) is 6.08 Å². The third-order valence-electron chi connectivity index (χ3n) is 3.96. The molecule has 0 aliphatic heterocycles. The zero-order valence-corrected chi connectivity index (χ0v) is 16.6. The van der Waals surface area contributed by atoms with Gasteiger partial charge in [0.1, 0.15) is 18.1 Å². The van der Waals surface area contributed by atoms with E-state index in [1.807, 2.05) is 73.1 Å². The Labute approximate surface area is 170 Å². The third-order valence-corrected chi connectivity index (χ3v) is 3.96. The second-order valence-electron chi connectivity index (χ2n) is 6.74. The van der Waals surface area contributed by atoms with Gasteiger partial charge in [-0.15, -0.1) is 0 Å². The normalized spacial score (nSPS) is 11.0. The number of hydrogen-bond acceptors (Lipinski definition) is 4. The summed E-state index contributed by atoms with van der Waals surface area (Å²) in [5.41, 5.74) is 1.61. The van der Waals surface area contributed by atoms with Crippen molar-refractivity contribution in [2.45, 2.75) is 26.5 Å². The van der Waals surface area contributed by atoms with Crippen molar-refractivity contribution in [3.8, 4) is 11.5 Å². The number of imidazole rings is 1. The van der Waals surface area contributed by atoms with Gasteiger partial charge >= 0.3 is 0 Å². The number of carbonyl (C=O) groups is 1. The number of rotatable bonds is 9. The van der Waals surface area contributed by atoms with Crippen molar-refractivity contribution in [2.24, 2.45) is 0 Å². The molecule has 0 spiro atoms. The molecule has 0 aliphatic carbocycles. The molecule has 0 fully saturated rings. The summed E-state index contributed by atoms with van der Waals surface area (Å²) in [5, 5.41) is 2.84. The molecular weight excluding hydrogens is 366 g/mol. The number of anilines is 1. The summed E-state index contributed by atoms with van der Waals surface area (Å²) in [6.07, 6.45) is 8.75. The Hall–Kier alpha value is -3.54. The van der Waals surface area contributed by atoms with Crippen LogP contribution in [0, 0.1) is 0 Å². The lowest BCUT2D eigenvalue weighted by atomic mass is 10.2. The molecule has 1 N–H and O–H groups in total. The molecule has 0 bridgehead atoms. The molecule has 6 nitrogen and oxygen atoms in total. The summed E-state index contributed by atoms with van der Waals surface area (Å²) in [6.45, 7) is 5.23. The smallest absolute Gasteiger partial charge is 0.248 e. The van der Waals surface area contributed by atoms with Crippen LogP contribution in [-0.4, -0.2) is 28.2 Å². The molecule has 0 atom stereocenters. The Kier molecular flexibility index (Phi) is 7.05. The highest BCUT2D eigenvalue weighted by molar-refractivity contribution is 6.01. The van der Waals surface area contributed by atoms with E-state index in [1.165, 1.54) is 6.08 Å². The Morgan fingerprint density at radius 1 is 1.17 bits per heavy atom. The van der Waals surface area contributed by atoms with E-state index in [4.69, 9.17) is 9.47 Å². The van der Waals surface area contributed by atoms with E-state index in [-0.39, 0.29) is 12.0 Å². The van der Waals surface area contributed by atoms with Crippen LogP contribution >= 0.6 is 0 Å². The lowest BCUT2D eigenvalue weighted by molar-refractivity contribution is -0.111. The summed E-state index contributed by atoms with van der Waals surface area (Å²) in [4.78, 5) is 16.2. The van der Waals surface area contributed by atoms with Crippen LogP contribution in [0.1, 0.15) is 19.4 Å². The average Bonchev–Trinajstić information content (AvgIpc) is 3.21. The molecule has 1 amide bonds. The van der Waals surface area contributed by atoms with Gasteiger partial charge in [0.2, 0.25) is 5.91 Å². The molecule has 1 heterocycles. The van der Waals surface area contributed by atoms with Crippen LogP contribution < -0.4 is 14.8 Å². The number of hydrogen-bond donors (Lipinski definition) is 1. The summed E-state index contributed by atoms with van der Waals surface area (Å²) in [5.74, 6) is 1.33. The van der Waals surface area contributed by atoms with Crippen LogP contribution in [0.2, 0.25) is 0 Å². The molecule has 29 heavy (non-hydrogen) atoms. The fourth-order valence-electron chi connectivity index (χ4n) is 2.64. The van der Waals surface area contributed by atoms with Crippen LogP contribution in [-0.2, 0) is 11.3 Å². The molecule has 1 aromatic heterocycles. The predicted octanol–water partition coefficient (Wildman–Crippen LogP) is 4.40. The van der Waals surface area contributed by atoms with Crippen LogP contribution in [0.5, 0.6) is 11.5 Å². The van der Waals surface area contributed by atoms with E-state index in [0.29, 0.717) is 12.3 Å². The standard InChI is InChI=1S/C23H25N3O3/c1-18(2)29-22-5-3-4-19(16-22)6-11-23(27)25-20-7-9-21(10-8-20)28-15-14-26-13-12-24-17-26/h3-13,16-18H,14-15H2,1-2H3,(H,25,27)/b11-6+. The maximum atomic E-state index is 12.2. The first-order valence-electron chi connectivity index (χ1n) is 9.53. The number of amides is 1. The van der Waals surface area contributed by atoms with E-state index in [1.54, 1.807) is 18.6 Å². The first-order chi connectivity index (χ1) is 14.1. The van der Waals surface area contributed by atoms with Gasteiger partial charge < -0.3 is 19.4 Å². The molecule has 0 radical (unpaired) electrons. The zero-order valence-electron chi connectivity index (χ0n) is 16.6. The summed E-state index contributed by atoms with van der Waals surface area (Å²) >= 11 is 0. The second kappa shape index (κ2) is 10.1. The second-order valence-corrected chi connectivity index (χ2v) is 6.74. The topological polar surface area (TPSA) is 65.4 Å². The molecule has 0 unspecified atom stereocenters. The molecule has 150 valence electrons. The molecule has 0 aliphatic rings. The maximum absolute atomic E-state index is 12.2. The number of carbonyl (C=O) groups excluding carboxylic acids is 1.